The standard InChI is InChI=1S/C19H20N2O3/c1-5-24-18-15(9-14(11-20)10-17(18)23-4)19(22)21-16-7-6-12(2)8-13(16)3/h6-10H,5H2,1-4H3,(H,21,22). The predicted octanol–water partition coefficient (Wildman–Crippen LogP) is 3.83. The Kier molecular flexibility index (Phi) is 5.43. The third-order valence-corrected chi connectivity index (χ3v) is 3.57. The predicted molar refractivity (Wildman–Crippen MR) is 92.7 cm³/mol. The molecule has 0 saturated carbocycles. The van der Waals surface area contributed by atoms with E-state index in [1.165, 1.54) is 13.2 Å². The smallest absolute Gasteiger partial charge is 0.259 e. The van der Waals surface area contributed by atoms with Crippen LogP contribution in [0.1, 0.15) is 34.0 Å². The molecular weight excluding hydrogens is 304 g/mol. The summed E-state index contributed by atoms with van der Waals surface area (Å²) in [6.45, 7) is 6.13. The lowest BCUT2D eigenvalue weighted by atomic mass is 10.1. The van der Waals surface area contributed by atoms with Crippen molar-refractivity contribution in [3.05, 3.63) is 52.6 Å². The summed E-state index contributed by atoms with van der Waals surface area (Å²) in [4.78, 5) is 12.7. The van der Waals surface area contributed by atoms with Gasteiger partial charge in [-0.25, -0.2) is 0 Å². The topological polar surface area (TPSA) is 71.3 Å². The molecule has 1 amide bonds. The maximum Gasteiger partial charge on any atom is 0.259 e. The van der Waals surface area contributed by atoms with Gasteiger partial charge >= 0.3 is 0 Å². The van der Waals surface area contributed by atoms with Crippen LogP contribution in [-0.4, -0.2) is 19.6 Å². The SMILES string of the molecule is CCOc1c(OC)cc(C#N)cc1C(=O)Nc1ccc(C)cc1C. The number of nitrogens with one attached hydrogen (secondary N) is 1. The fourth-order valence-electron chi connectivity index (χ4n) is 2.42. The van der Waals surface area contributed by atoms with E-state index in [-0.39, 0.29) is 11.5 Å². The zero-order valence-electron chi connectivity index (χ0n) is 14.3. The van der Waals surface area contributed by atoms with Crippen LogP contribution in [0.3, 0.4) is 0 Å². The van der Waals surface area contributed by atoms with Gasteiger partial charge in [-0.15, -0.1) is 0 Å². The van der Waals surface area contributed by atoms with Gasteiger partial charge in [-0.2, -0.15) is 5.26 Å². The number of methoxy groups -OCH3 is 1. The van der Waals surface area contributed by atoms with Gasteiger partial charge in [0.05, 0.1) is 30.9 Å². The van der Waals surface area contributed by atoms with Crippen LogP contribution in [0, 0.1) is 25.2 Å². The normalized spacial score (nSPS) is 9.96. The highest BCUT2D eigenvalue weighted by Gasteiger charge is 2.19. The molecule has 124 valence electrons. The molecule has 2 rings (SSSR count). The highest BCUT2D eigenvalue weighted by molar-refractivity contribution is 6.07. The lowest BCUT2D eigenvalue weighted by molar-refractivity contribution is 0.102. The summed E-state index contributed by atoms with van der Waals surface area (Å²) in [5, 5.41) is 12.0. The van der Waals surface area contributed by atoms with Gasteiger partial charge in [0.15, 0.2) is 11.5 Å². The van der Waals surface area contributed by atoms with E-state index >= 15 is 0 Å². The first-order valence-corrected chi connectivity index (χ1v) is 7.63. The molecule has 0 spiro atoms. The average Bonchev–Trinajstić information content (AvgIpc) is 2.57. The average molecular weight is 324 g/mol. The number of nitrogens with zero attached hydrogens (tertiary/aromatic N) is 1. The molecule has 5 nitrogen and oxygen atoms in total. The Hall–Kier alpha value is -3.00. The van der Waals surface area contributed by atoms with Crippen LogP contribution in [0.5, 0.6) is 11.5 Å². The number of anilines is 1. The molecule has 2 aromatic carbocycles. The Morgan fingerprint density at radius 1 is 1.25 bits per heavy atom. The second-order valence-corrected chi connectivity index (χ2v) is 5.37. The first kappa shape index (κ1) is 17.4. The van der Waals surface area contributed by atoms with Crippen LogP contribution in [-0.2, 0) is 0 Å². The number of amides is 1. The second-order valence-electron chi connectivity index (χ2n) is 5.37. The number of carbonyl (C=O) groups is 1. The lowest BCUT2D eigenvalue weighted by Gasteiger charge is -2.15. The quantitative estimate of drug-likeness (QED) is 0.907. The van der Waals surface area contributed by atoms with E-state index in [2.05, 4.69) is 5.32 Å². The van der Waals surface area contributed by atoms with Crippen LogP contribution >= 0.6 is 0 Å². The zero-order valence-corrected chi connectivity index (χ0v) is 14.3. The number of hydrogen-bond acceptors (Lipinski definition) is 4. The summed E-state index contributed by atoms with van der Waals surface area (Å²) in [6, 6.07) is 10.9. The maximum absolute atomic E-state index is 12.7. The van der Waals surface area contributed by atoms with Crippen molar-refractivity contribution in [2.45, 2.75) is 20.8 Å². The van der Waals surface area contributed by atoms with E-state index in [9.17, 15) is 10.1 Å². The van der Waals surface area contributed by atoms with Crippen LogP contribution in [0.4, 0.5) is 5.69 Å². The molecule has 0 unspecified atom stereocenters. The third kappa shape index (κ3) is 3.66. The van der Waals surface area contributed by atoms with Crippen molar-refractivity contribution in [3.8, 4) is 17.6 Å². The molecule has 24 heavy (non-hydrogen) atoms. The monoisotopic (exact) mass is 324 g/mol. The minimum Gasteiger partial charge on any atom is -0.493 e. The fourth-order valence-corrected chi connectivity index (χ4v) is 2.42. The van der Waals surface area contributed by atoms with Crippen molar-refractivity contribution in [1.29, 1.82) is 5.26 Å². The van der Waals surface area contributed by atoms with Gasteiger partial charge in [0.25, 0.3) is 5.91 Å². The van der Waals surface area contributed by atoms with Gasteiger partial charge in [0.2, 0.25) is 0 Å². The molecule has 0 aliphatic rings. The number of benzene rings is 2. The van der Waals surface area contributed by atoms with Crippen LogP contribution in [0.15, 0.2) is 30.3 Å². The van der Waals surface area contributed by atoms with Crippen LogP contribution in [0.2, 0.25) is 0 Å². The van der Waals surface area contributed by atoms with E-state index in [0.717, 1.165) is 16.8 Å². The number of aryl methyl sites for hydroxylation is 2. The Balaban J connectivity index is 2.45. The molecule has 0 aromatic heterocycles. The molecule has 0 radical (unpaired) electrons. The minimum absolute atomic E-state index is 0.271. The molecule has 0 aliphatic heterocycles. The largest absolute Gasteiger partial charge is 0.493 e. The van der Waals surface area contributed by atoms with E-state index in [0.29, 0.717) is 23.7 Å². The second kappa shape index (κ2) is 7.51. The summed E-state index contributed by atoms with van der Waals surface area (Å²) >= 11 is 0. The third-order valence-electron chi connectivity index (χ3n) is 3.57. The maximum atomic E-state index is 12.7. The summed E-state index contributed by atoms with van der Waals surface area (Å²) in [5.41, 5.74) is 3.40. The van der Waals surface area contributed by atoms with Gasteiger partial charge in [-0.3, -0.25) is 4.79 Å². The molecule has 0 bridgehead atoms. The number of carbonyl (C=O) groups excluding carboxylic acids is 1. The van der Waals surface area contributed by atoms with Crippen molar-refractivity contribution < 1.29 is 14.3 Å². The fraction of sp³-hybridized carbons (Fsp3) is 0.263. The minimum atomic E-state index is -0.346. The molecule has 0 saturated heterocycles. The zero-order chi connectivity index (χ0) is 17.7. The Morgan fingerprint density at radius 2 is 2.00 bits per heavy atom. The molecular formula is C19H20N2O3. The van der Waals surface area contributed by atoms with E-state index < -0.39 is 0 Å². The molecule has 5 heteroatoms. The van der Waals surface area contributed by atoms with Gasteiger partial charge in [-0.1, -0.05) is 17.7 Å². The number of rotatable bonds is 5. The Morgan fingerprint density at radius 3 is 2.58 bits per heavy atom. The van der Waals surface area contributed by atoms with E-state index in [1.54, 1.807) is 6.07 Å². The first-order chi connectivity index (χ1) is 11.5. The number of hydrogen-bond donors (Lipinski definition) is 1. The van der Waals surface area contributed by atoms with Crippen molar-refractivity contribution in [1.82, 2.24) is 0 Å². The van der Waals surface area contributed by atoms with E-state index in [4.69, 9.17) is 9.47 Å². The molecule has 0 aliphatic carbocycles. The molecule has 2 aromatic rings. The summed E-state index contributed by atoms with van der Waals surface area (Å²) in [6.07, 6.45) is 0. The van der Waals surface area contributed by atoms with Crippen molar-refractivity contribution in [3.63, 3.8) is 0 Å². The van der Waals surface area contributed by atoms with Gasteiger partial charge in [0, 0.05) is 11.8 Å². The summed E-state index contributed by atoms with van der Waals surface area (Å²) in [5.74, 6) is 0.351. The van der Waals surface area contributed by atoms with Crippen LogP contribution < -0.4 is 14.8 Å². The van der Waals surface area contributed by atoms with Gasteiger partial charge < -0.3 is 14.8 Å². The molecule has 0 fully saturated rings. The van der Waals surface area contributed by atoms with Gasteiger partial charge in [-0.05, 0) is 38.5 Å². The summed E-state index contributed by atoms with van der Waals surface area (Å²) < 4.78 is 10.8. The highest BCUT2D eigenvalue weighted by atomic mass is 16.5. The van der Waals surface area contributed by atoms with Gasteiger partial charge in [0.1, 0.15) is 0 Å². The first-order valence-electron chi connectivity index (χ1n) is 7.63. The Bertz CT molecular complexity index is 807. The van der Waals surface area contributed by atoms with Crippen molar-refractivity contribution >= 4 is 11.6 Å². The molecule has 0 atom stereocenters. The number of ether oxygens (including phenoxy) is 2. The highest BCUT2D eigenvalue weighted by Crippen LogP contribution is 2.33. The lowest BCUT2D eigenvalue weighted by Crippen LogP contribution is -2.15. The molecule has 1 N–H and O–H groups in total. The summed E-state index contributed by atoms with van der Waals surface area (Å²) in [7, 11) is 1.48. The van der Waals surface area contributed by atoms with E-state index in [1.807, 2.05) is 45.0 Å². The number of nitriles is 1. The molecule has 0 heterocycles. The Labute approximate surface area is 141 Å². The van der Waals surface area contributed by atoms with Crippen LogP contribution in [0.25, 0.3) is 0 Å². The van der Waals surface area contributed by atoms with Crippen molar-refractivity contribution in [2.75, 3.05) is 19.0 Å². The van der Waals surface area contributed by atoms with Crippen molar-refractivity contribution in [2.24, 2.45) is 0 Å².